The molecule has 3 heterocycles. The zero-order valence-corrected chi connectivity index (χ0v) is 24.8. The van der Waals surface area contributed by atoms with Gasteiger partial charge in [0.05, 0.1) is 41.7 Å². The highest BCUT2D eigenvalue weighted by molar-refractivity contribution is 7.89. The number of ether oxygens (including phenoxy) is 1. The van der Waals surface area contributed by atoms with Gasteiger partial charge in [0.2, 0.25) is 16.0 Å². The molecule has 0 aliphatic carbocycles. The van der Waals surface area contributed by atoms with Gasteiger partial charge in [0.25, 0.3) is 0 Å². The van der Waals surface area contributed by atoms with Crippen LogP contribution in [-0.4, -0.2) is 71.9 Å². The van der Waals surface area contributed by atoms with Crippen molar-refractivity contribution in [2.75, 3.05) is 38.7 Å². The van der Waals surface area contributed by atoms with Crippen molar-refractivity contribution in [3.8, 4) is 17.0 Å². The Morgan fingerprint density at radius 3 is 2.56 bits per heavy atom. The minimum Gasteiger partial charge on any atom is -0.495 e. The van der Waals surface area contributed by atoms with Gasteiger partial charge in [0, 0.05) is 17.6 Å². The van der Waals surface area contributed by atoms with Crippen LogP contribution in [0.4, 0.5) is 11.6 Å². The predicted octanol–water partition coefficient (Wildman–Crippen LogP) is 4.40. The van der Waals surface area contributed by atoms with E-state index in [-0.39, 0.29) is 11.5 Å². The van der Waals surface area contributed by atoms with Crippen molar-refractivity contribution in [1.82, 2.24) is 24.2 Å². The second-order valence-corrected chi connectivity index (χ2v) is 13.1. The molecule has 5 rings (SSSR count). The summed E-state index contributed by atoms with van der Waals surface area (Å²) in [6.45, 7) is 8.31. The highest BCUT2D eigenvalue weighted by atomic mass is 32.2. The third-order valence-corrected chi connectivity index (χ3v) is 8.98. The van der Waals surface area contributed by atoms with E-state index in [1.165, 1.54) is 5.56 Å². The number of anilines is 2. The summed E-state index contributed by atoms with van der Waals surface area (Å²) in [6.07, 6.45) is 3.81. The SMILES string of the molecule is COc1cc(C2CCN(CCO)CC2)ccc1Nc1ncc2ccc(-c3cccc(S(=O)(=O)NC(C)(C)C)c3)n2n1. The molecule has 1 saturated heterocycles. The summed E-state index contributed by atoms with van der Waals surface area (Å²) in [5, 5.41) is 17.2. The van der Waals surface area contributed by atoms with Crippen LogP contribution in [0.15, 0.2) is 65.7 Å². The van der Waals surface area contributed by atoms with E-state index in [2.05, 4.69) is 32.1 Å². The lowest BCUT2D eigenvalue weighted by Gasteiger charge is -2.31. The molecule has 1 aliphatic rings. The second-order valence-electron chi connectivity index (χ2n) is 11.4. The summed E-state index contributed by atoms with van der Waals surface area (Å²) >= 11 is 0. The van der Waals surface area contributed by atoms with Gasteiger partial charge in [-0.15, -0.1) is 5.10 Å². The number of nitrogens with one attached hydrogen (secondary N) is 2. The van der Waals surface area contributed by atoms with Gasteiger partial charge >= 0.3 is 0 Å². The van der Waals surface area contributed by atoms with E-state index in [0.717, 1.165) is 54.9 Å². The van der Waals surface area contributed by atoms with Gasteiger partial charge in [-0.2, -0.15) is 0 Å². The number of hydrogen-bond acceptors (Lipinski definition) is 8. The van der Waals surface area contributed by atoms with Gasteiger partial charge in [-0.3, -0.25) is 0 Å². The van der Waals surface area contributed by atoms with E-state index in [4.69, 9.17) is 9.84 Å². The number of benzene rings is 2. The number of sulfonamides is 1. The Labute approximate surface area is 241 Å². The second kappa shape index (κ2) is 11.8. The van der Waals surface area contributed by atoms with Crippen LogP contribution in [0.2, 0.25) is 0 Å². The summed E-state index contributed by atoms with van der Waals surface area (Å²) in [5.74, 6) is 1.54. The van der Waals surface area contributed by atoms with Crippen molar-refractivity contribution < 1.29 is 18.3 Å². The standard InChI is InChI=1S/C30H38N6O4S/c1-30(2,3)34-41(38,39)25-7-5-6-23(18-25)27-11-9-24-20-31-29(33-36(24)27)32-26-10-8-22(19-28(26)40-4)21-12-14-35(15-13-21)16-17-37/h5-11,18-21,34,37H,12-17H2,1-4H3,(H,32,33). The smallest absolute Gasteiger partial charge is 0.245 e. The first-order valence-electron chi connectivity index (χ1n) is 13.8. The third kappa shape index (κ3) is 6.70. The first-order chi connectivity index (χ1) is 19.6. The summed E-state index contributed by atoms with van der Waals surface area (Å²) in [6, 6.07) is 16.8. The number of hydrogen-bond donors (Lipinski definition) is 3. The molecule has 2 aromatic heterocycles. The molecule has 0 radical (unpaired) electrons. The van der Waals surface area contributed by atoms with E-state index in [0.29, 0.717) is 17.6 Å². The highest BCUT2D eigenvalue weighted by Gasteiger charge is 2.23. The molecule has 1 fully saturated rings. The fraction of sp³-hybridized carbons (Fsp3) is 0.400. The fourth-order valence-corrected chi connectivity index (χ4v) is 6.74. The third-order valence-electron chi connectivity index (χ3n) is 7.23. The van der Waals surface area contributed by atoms with E-state index >= 15 is 0 Å². The summed E-state index contributed by atoms with van der Waals surface area (Å²) in [7, 11) is -2.04. The molecule has 0 amide bonds. The molecule has 3 N–H and O–H groups in total. The number of fused-ring (bicyclic) bond motifs is 1. The van der Waals surface area contributed by atoms with E-state index in [9.17, 15) is 13.5 Å². The average molecular weight is 579 g/mol. The molecular formula is C30H38N6O4S. The van der Waals surface area contributed by atoms with Gasteiger partial charge < -0.3 is 20.1 Å². The quantitative estimate of drug-likeness (QED) is 0.267. The topological polar surface area (TPSA) is 121 Å². The predicted molar refractivity (Wildman–Crippen MR) is 160 cm³/mol. The Bertz CT molecular complexity index is 1620. The lowest BCUT2D eigenvalue weighted by molar-refractivity contribution is 0.164. The molecule has 4 aromatic rings. The summed E-state index contributed by atoms with van der Waals surface area (Å²) < 4.78 is 36.1. The van der Waals surface area contributed by atoms with Crippen LogP contribution in [0.1, 0.15) is 45.1 Å². The molecule has 2 aromatic carbocycles. The number of aliphatic hydroxyl groups is 1. The number of nitrogens with zero attached hydrogens (tertiary/aromatic N) is 4. The summed E-state index contributed by atoms with van der Waals surface area (Å²) in [4.78, 5) is 6.98. The number of aromatic nitrogens is 3. The fourth-order valence-electron chi connectivity index (χ4n) is 5.28. The molecule has 0 spiro atoms. The normalized spacial score (nSPS) is 15.3. The van der Waals surface area contributed by atoms with Crippen molar-refractivity contribution in [2.45, 2.75) is 50.0 Å². The minimum atomic E-state index is -3.69. The lowest BCUT2D eigenvalue weighted by Crippen LogP contribution is -2.40. The summed E-state index contributed by atoms with van der Waals surface area (Å²) in [5.41, 5.74) is 3.63. The van der Waals surface area contributed by atoms with Crippen molar-refractivity contribution in [3.63, 3.8) is 0 Å². The monoisotopic (exact) mass is 578 g/mol. The maximum atomic E-state index is 12.9. The largest absolute Gasteiger partial charge is 0.495 e. The number of rotatable bonds is 9. The maximum Gasteiger partial charge on any atom is 0.245 e. The Balaban J connectivity index is 1.39. The molecule has 0 atom stereocenters. The Morgan fingerprint density at radius 2 is 1.85 bits per heavy atom. The molecule has 41 heavy (non-hydrogen) atoms. The highest BCUT2D eigenvalue weighted by Crippen LogP contribution is 2.35. The average Bonchev–Trinajstić information content (AvgIpc) is 3.36. The molecule has 11 heteroatoms. The number of piperidine rings is 1. The zero-order chi connectivity index (χ0) is 29.2. The first kappa shape index (κ1) is 29.0. The molecule has 0 unspecified atom stereocenters. The minimum absolute atomic E-state index is 0.191. The van der Waals surface area contributed by atoms with E-state index in [1.807, 2.05) is 45.0 Å². The number of methoxy groups -OCH3 is 1. The van der Waals surface area contributed by atoms with Crippen LogP contribution >= 0.6 is 0 Å². The Kier molecular flexibility index (Phi) is 8.32. The molecule has 10 nitrogen and oxygen atoms in total. The van der Waals surface area contributed by atoms with Crippen LogP contribution in [0.3, 0.4) is 0 Å². The van der Waals surface area contributed by atoms with Crippen LogP contribution in [0, 0.1) is 0 Å². The maximum absolute atomic E-state index is 12.9. The van der Waals surface area contributed by atoms with E-state index < -0.39 is 15.6 Å². The van der Waals surface area contributed by atoms with Gasteiger partial charge in [-0.25, -0.2) is 22.6 Å². The van der Waals surface area contributed by atoms with Crippen LogP contribution in [0.5, 0.6) is 5.75 Å². The van der Waals surface area contributed by atoms with Crippen LogP contribution in [-0.2, 0) is 10.0 Å². The van der Waals surface area contributed by atoms with Crippen LogP contribution < -0.4 is 14.8 Å². The van der Waals surface area contributed by atoms with Gasteiger partial charge in [0.1, 0.15) is 5.75 Å². The van der Waals surface area contributed by atoms with Gasteiger partial charge in [-0.1, -0.05) is 18.2 Å². The molecule has 0 bridgehead atoms. The first-order valence-corrected chi connectivity index (χ1v) is 15.3. The van der Waals surface area contributed by atoms with Crippen molar-refractivity contribution in [1.29, 1.82) is 0 Å². The number of β-amino-alcohol motifs (C(OH)–C–C–N with tert-alkyl or cyclic N) is 1. The van der Waals surface area contributed by atoms with E-state index in [1.54, 1.807) is 36.0 Å². The molecular weight excluding hydrogens is 540 g/mol. The van der Waals surface area contributed by atoms with Gasteiger partial charge in [-0.05, 0) is 94.6 Å². The van der Waals surface area contributed by atoms with Crippen LogP contribution in [0.25, 0.3) is 16.8 Å². The molecule has 218 valence electrons. The Hall–Kier alpha value is -3.51. The lowest BCUT2D eigenvalue weighted by atomic mass is 9.89. The zero-order valence-electron chi connectivity index (χ0n) is 24.0. The number of aliphatic hydroxyl groups excluding tert-OH is 1. The van der Waals surface area contributed by atoms with Gasteiger partial charge in [0.15, 0.2) is 0 Å². The molecule has 1 aliphatic heterocycles. The molecule has 0 saturated carbocycles. The van der Waals surface area contributed by atoms with Crippen molar-refractivity contribution >= 4 is 27.2 Å². The van der Waals surface area contributed by atoms with Crippen molar-refractivity contribution in [2.24, 2.45) is 0 Å². The Morgan fingerprint density at radius 1 is 1.07 bits per heavy atom. The number of likely N-dealkylation sites (tertiary alicyclic amines) is 1. The van der Waals surface area contributed by atoms with Crippen molar-refractivity contribution in [3.05, 3.63) is 66.4 Å².